The van der Waals surface area contributed by atoms with Gasteiger partial charge in [0.15, 0.2) is 0 Å². The Morgan fingerprint density at radius 3 is 2.00 bits per heavy atom. The van der Waals surface area contributed by atoms with E-state index >= 15 is 0 Å². The monoisotopic (exact) mass is 72.1 g/mol. The Morgan fingerprint density at radius 2 is 2.00 bits per heavy atom. The van der Waals surface area contributed by atoms with Crippen molar-refractivity contribution in [3.63, 3.8) is 0 Å². The first-order valence-corrected chi connectivity index (χ1v) is 1.99. The van der Waals surface area contributed by atoms with E-state index in [4.69, 9.17) is 5.11 Å². The van der Waals surface area contributed by atoms with Crippen LogP contribution in [0.2, 0.25) is 0 Å². The van der Waals surface area contributed by atoms with Crippen molar-refractivity contribution in [1.82, 2.24) is 0 Å². The van der Waals surface area contributed by atoms with Gasteiger partial charge in [0.05, 0.1) is 6.10 Å². The van der Waals surface area contributed by atoms with E-state index in [1.807, 2.05) is 6.92 Å². The van der Waals surface area contributed by atoms with Crippen LogP contribution in [0.25, 0.3) is 0 Å². The van der Waals surface area contributed by atoms with Gasteiger partial charge >= 0.3 is 0 Å². The normalized spacial score (nSPS) is 49.2. The summed E-state index contributed by atoms with van der Waals surface area (Å²) in [4.78, 5) is 0. The molecule has 0 aromatic rings. The van der Waals surface area contributed by atoms with Crippen LogP contribution in [0.3, 0.4) is 0 Å². The lowest BCUT2D eigenvalue weighted by Crippen LogP contribution is -1.74. The Bertz CT molecular complexity index is 36.9. The first-order chi connectivity index (χ1) is 2.30. The fraction of sp³-hybridized carbons (Fsp3) is 1.00. The molecule has 1 rings (SSSR count). The van der Waals surface area contributed by atoms with Gasteiger partial charge < -0.3 is 5.11 Å². The molecule has 5 heavy (non-hydrogen) atoms. The Kier molecular flexibility index (Phi) is 0.453. The van der Waals surface area contributed by atoms with E-state index in [-0.39, 0.29) is 6.10 Å². The van der Waals surface area contributed by atoms with Crippen molar-refractivity contribution in [3.8, 4) is 0 Å². The highest BCUT2D eigenvalue weighted by Gasteiger charge is 2.29. The van der Waals surface area contributed by atoms with Crippen LogP contribution in [-0.2, 0) is 0 Å². The Morgan fingerprint density at radius 1 is 1.80 bits per heavy atom. The number of aliphatic hydroxyl groups is 1. The highest BCUT2D eigenvalue weighted by Crippen LogP contribution is 2.27. The third-order valence-electron chi connectivity index (χ3n) is 1.07. The topological polar surface area (TPSA) is 20.2 Å². The van der Waals surface area contributed by atoms with Gasteiger partial charge in [-0.25, -0.2) is 0 Å². The molecule has 1 saturated carbocycles. The minimum absolute atomic E-state index is 0.0509. The van der Waals surface area contributed by atoms with Crippen molar-refractivity contribution >= 4 is 0 Å². The van der Waals surface area contributed by atoms with Crippen molar-refractivity contribution in [2.24, 2.45) is 5.92 Å². The molecule has 0 heterocycles. The van der Waals surface area contributed by atoms with Crippen LogP contribution >= 0.6 is 0 Å². The minimum Gasteiger partial charge on any atom is -0.393 e. The lowest BCUT2D eigenvalue weighted by Gasteiger charge is -1.68. The van der Waals surface area contributed by atoms with E-state index in [0.29, 0.717) is 5.92 Å². The molecule has 0 bridgehead atoms. The molecule has 1 heteroatoms. The quantitative estimate of drug-likeness (QED) is 0.439. The van der Waals surface area contributed by atoms with Crippen molar-refractivity contribution in [2.75, 3.05) is 0 Å². The lowest BCUT2D eigenvalue weighted by molar-refractivity contribution is 0.263. The SMILES string of the molecule is C[C@H]1C[C@@H]1O. The maximum Gasteiger partial charge on any atom is 0.0570 e. The summed E-state index contributed by atoms with van der Waals surface area (Å²) in [5.74, 6) is 0.606. The zero-order valence-electron chi connectivity index (χ0n) is 3.31. The number of hydrogen-bond donors (Lipinski definition) is 1. The van der Waals surface area contributed by atoms with E-state index in [9.17, 15) is 0 Å². The zero-order chi connectivity index (χ0) is 3.86. The average molecular weight is 72.1 g/mol. The van der Waals surface area contributed by atoms with Gasteiger partial charge in [-0.3, -0.25) is 0 Å². The summed E-state index contributed by atoms with van der Waals surface area (Å²) in [5.41, 5.74) is 0. The number of aliphatic hydroxyl groups excluding tert-OH is 1. The molecule has 2 atom stereocenters. The third kappa shape index (κ3) is 0.428. The molecule has 30 valence electrons. The van der Waals surface area contributed by atoms with Crippen LogP contribution in [0.5, 0.6) is 0 Å². The smallest absolute Gasteiger partial charge is 0.0570 e. The average Bonchev–Trinajstić information content (AvgIpc) is 1.79. The summed E-state index contributed by atoms with van der Waals surface area (Å²) in [6.07, 6.45) is 1.08. The molecule has 1 nitrogen and oxygen atoms in total. The second kappa shape index (κ2) is 0.716. The van der Waals surface area contributed by atoms with Crippen molar-refractivity contribution in [2.45, 2.75) is 19.4 Å². The van der Waals surface area contributed by atoms with Gasteiger partial charge in [-0.05, 0) is 12.3 Å². The highest BCUT2D eigenvalue weighted by molar-refractivity contribution is 4.80. The van der Waals surface area contributed by atoms with E-state index in [2.05, 4.69) is 0 Å². The molecule has 0 saturated heterocycles. The second-order valence-electron chi connectivity index (χ2n) is 1.78. The molecular weight excluding hydrogens is 64.0 g/mol. The highest BCUT2D eigenvalue weighted by atomic mass is 16.3. The Labute approximate surface area is 31.6 Å². The molecule has 0 spiro atoms. The molecule has 0 aromatic heterocycles. The summed E-state index contributed by atoms with van der Waals surface area (Å²) in [7, 11) is 0. The van der Waals surface area contributed by atoms with Crippen molar-refractivity contribution in [1.29, 1.82) is 0 Å². The van der Waals surface area contributed by atoms with Gasteiger partial charge in [-0.15, -0.1) is 0 Å². The fourth-order valence-electron chi connectivity index (χ4n) is 0.302. The van der Waals surface area contributed by atoms with Gasteiger partial charge in [-0.1, -0.05) is 6.92 Å². The molecule has 1 aliphatic rings. The van der Waals surface area contributed by atoms with E-state index in [0.717, 1.165) is 6.42 Å². The summed E-state index contributed by atoms with van der Waals surface area (Å²) in [6.45, 7) is 2.05. The molecular formula is C4H8O. The Hall–Kier alpha value is -0.0400. The Balaban J connectivity index is 2.20. The van der Waals surface area contributed by atoms with Crippen LogP contribution < -0.4 is 0 Å². The summed E-state index contributed by atoms with van der Waals surface area (Å²) in [6, 6.07) is 0. The largest absolute Gasteiger partial charge is 0.393 e. The van der Waals surface area contributed by atoms with Crippen molar-refractivity contribution < 1.29 is 5.11 Å². The second-order valence-corrected chi connectivity index (χ2v) is 1.78. The third-order valence-corrected chi connectivity index (χ3v) is 1.07. The fourth-order valence-corrected chi connectivity index (χ4v) is 0.302. The van der Waals surface area contributed by atoms with E-state index in [1.165, 1.54) is 0 Å². The van der Waals surface area contributed by atoms with Gasteiger partial charge in [0.1, 0.15) is 0 Å². The summed E-state index contributed by atoms with van der Waals surface area (Å²) in [5, 5.41) is 8.44. The molecule has 0 aromatic carbocycles. The number of hydrogen-bond acceptors (Lipinski definition) is 1. The molecule has 0 aliphatic heterocycles. The van der Waals surface area contributed by atoms with Crippen LogP contribution in [-0.4, -0.2) is 11.2 Å². The molecule has 0 unspecified atom stereocenters. The maximum absolute atomic E-state index is 8.44. The lowest BCUT2D eigenvalue weighted by atomic mass is 10.5. The maximum atomic E-state index is 8.44. The summed E-state index contributed by atoms with van der Waals surface area (Å²) < 4.78 is 0. The first kappa shape index (κ1) is 3.16. The first-order valence-electron chi connectivity index (χ1n) is 1.99. The van der Waals surface area contributed by atoms with Gasteiger partial charge in [0, 0.05) is 0 Å². The number of rotatable bonds is 0. The van der Waals surface area contributed by atoms with Gasteiger partial charge in [0.2, 0.25) is 0 Å². The van der Waals surface area contributed by atoms with E-state index in [1.54, 1.807) is 0 Å². The molecule has 1 aliphatic carbocycles. The molecule has 0 amide bonds. The molecule has 1 N–H and O–H groups in total. The van der Waals surface area contributed by atoms with Gasteiger partial charge in [-0.2, -0.15) is 0 Å². The van der Waals surface area contributed by atoms with Gasteiger partial charge in [0.25, 0.3) is 0 Å². The van der Waals surface area contributed by atoms with Crippen LogP contribution in [0.4, 0.5) is 0 Å². The van der Waals surface area contributed by atoms with Crippen molar-refractivity contribution in [3.05, 3.63) is 0 Å². The minimum atomic E-state index is 0.0509. The zero-order valence-corrected chi connectivity index (χ0v) is 3.31. The van der Waals surface area contributed by atoms with Crippen LogP contribution in [0.1, 0.15) is 13.3 Å². The predicted octanol–water partition coefficient (Wildman–Crippen LogP) is 0.387. The standard InChI is InChI=1S/C4H8O/c1-3-2-4(3)5/h3-5H,2H2,1H3/t3-,4-/m0/s1. The van der Waals surface area contributed by atoms with Crippen LogP contribution in [0, 0.1) is 5.92 Å². The predicted molar refractivity (Wildman–Crippen MR) is 19.8 cm³/mol. The van der Waals surface area contributed by atoms with Crippen LogP contribution in [0.15, 0.2) is 0 Å². The molecule has 1 fully saturated rings. The molecule has 0 radical (unpaired) electrons. The van der Waals surface area contributed by atoms with E-state index < -0.39 is 0 Å². The summed E-state index contributed by atoms with van der Waals surface area (Å²) >= 11 is 0.